The smallest absolute Gasteiger partial charge is 0.408 e. The summed E-state index contributed by atoms with van der Waals surface area (Å²) < 4.78 is 9.98. The zero-order chi connectivity index (χ0) is 14.2. The summed E-state index contributed by atoms with van der Waals surface area (Å²) in [6, 6.07) is 0. The summed E-state index contributed by atoms with van der Waals surface area (Å²) in [5, 5.41) is 2.68. The molecule has 0 saturated heterocycles. The molecule has 0 aromatic carbocycles. The van der Waals surface area contributed by atoms with Gasteiger partial charge in [-0.1, -0.05) is 13.8 Å². The van der Waals surface area contributed by atoms with Crippen molar-refractivity contribution >= 4 is 12.1 Å². The Morgan fingerprint density at radius 1 is 1.33 bits per heavy atom. The van der Waals surface area contributed by atoms with Gasteiger partial charge in [-0.3, -0.25) is 0 Å². The Morgan fingerprint density at radius 3 is 2.22 bits per heavy atom. The SMILES string of the molecule is CC[C@]1(C)C[C@]1(NC(=O)OC(C)(C)C)C(=O)OC. The van der Waals surface area contributed by atoms with Crippen LogP contribution < -0.4 is 5.32 Å². The first kappa shape index (κ1) is 14.8. The van der Waals surface area contributed by atoms with Gasteiger partial charge >= 0.3 is 12.1 Å². The molecule has 5 nitrogen and oxygen atoms in total. The normalized spacial score (nSPS) is 30.6. The van der Waals surface area contributed by atoms with Crippen LogP contribution in [0.2, 0.25) is 0 Å². The molecule has 2 atom stereocenters. The Labute approximate surface area is 108 Å². The monoisotopic (exact) mass is 257 g/mol. The van der Waals surface area contributed by atoms with Crippen molar-refractivity contribution in [3.8, 4) is 0 Å². The second-order valence-electron chi connectivity index (χ2n) is 6.11. The second kappa shape index (κ2) is 4.44. The van der Waals surface area contributed by atoms with Crippen LogP contribution >= 0.6 is 0 Å². The molecule has 1 aliphatic carbocycles. The van der Waals surface area contributed by atoms with Gasteiger partial charge in [0.25, 0.3) is 0 Å². The molecule has 0 aromatic heterocycles. The minimum Gasteiger partial charge on any atom is -0.467 e. The van der Waals surface area contributed by atoms with Gasteiger partial charge in [-0.25, -0.2) is 9.59 Å². The highest BCUT2D eigenvalue weighted by Gasteiger charge is 2.70. The Morgan fingerprint density at radius 2 is 1.89 bits per heavy atom. The van der Waals surface area contributed by atoms with E-state index in [0.29, 0.717) is 6.42 Å². The van der Waals surface area contributed by atoms with E-state index in [1.54, 1.807) is 20.8 Å². The van der Waals surface area contributed by atoms with Gasteiger partial charge in [-0.15, -0.1) is 0 Å². The van der Waals surface area contributed by atoms with Crippen molar-refractivity contribution in [2.75, 3.05) is 7.11 Å². The van der Waals surface area contributed by atoms with Gasteiger partial charge < -0.3 is 14.8 Å². The molecule has 1 N–H and O–H groups in total. The van der Waals surface area contributed by atoms with Crippen molar-refractivity contribution in [3.63, 3.8) is 0 Å². The second-order valence-corrected chi connectivity index (χ2v) is 6.11. The van der Waals surface area contributed by atoms with Crippen LogP contribution in [0.25, 0.3) is 0 Å². The fraction of sp³-hybridized carbons (Fsp3) is 0.846. The lowest BCUT2D eigenvalue weighted by Crippen LogP contribution is -2.49. The Bertz CT molecular complexity index is 360. The van der Waals surface area contributed by atoms with Crippen LogP contribution in [0.3, 0.4) is 0 Å². The van der Waals surface area contributed by atoms with E-state index < -0.39 is 23.2 Å². The van der Waals surface area contributed by atoms with Crippen molar-refractivity contribution in [2.45, 2.75) is 58.6 Å². The number of carbonyl (C=O) groups excluding carboxylic acids is 2. The average molecular weight is 257 g/mol. The van der Waals surface area contributed by atoms with Crippen molar-refractivity contribution < 1.29 is 19.1 Å². The van der Waals surface area contributed by atoms with Crippen molar-refractivity contribution in [1.29, 1.82) is 0 Å². The van der Waals surface area contributed by atoms with E-state index in [1.165, 1.54) is 7.11 Å². The third-order valence-electron chi connectivity index (χ3n) is 3.59. The highest BCUT2D eigenvalue weighted by atomic mass is 16.6. The highest BCUT2D eigenvalue weighted by Crippen LogP contribution is 2.58. The van der Waals surface area contributed by atoms with Gasteiger partial charge in [0.2, 0.25) is 0 Å². The van der Waals surface area contributed by atoms with Gasteiger partial charge in [0.1, 0.15) is 11.1 Å². The van der Waals surface area contributed by atoms with Crippen LogP contribution in [0, 0.1) is 5.41 Å². The maximum atomic E-state index is 11.9. The van der Waals surface area contributed by atoms with Gasteiger partial charge in [-0.05, 0) is 33.6 Å². The number of alkyl carbamates (subject to hydrolysis) is 1. The zero-order valence-electron chi connectivity index (χ0n) is 12.0. The fourth-order valence-corrected chi connectivity index (χ4v) is 2.18. The summed E-state index contributed by atoms with van der Waals surface area (Å²) in [7, 11) is 1.33. The predicted octanol–water partition coefficient (Wildman–Crippen LogP) is 2.24. The lowest BCUT2D eigenvalue weighted by atomic mass is 9.99. The van der Waals surface area contributed by atoms with Crippen LogP contribution in [0.5, 0.6) is 0 Å². The molecule has 1 rings (SSSR count). The first-order valence-corrected chi connectivity index (χ1v) is 6.20. The molecule has 1 aliphatic rings. The summed E-state index contributed by atoms with van der Waals surface area (Å²) in [5.74, 6) is -0.405. The van der Waals surface area contributed by atoms with Gasteiger partial charge in [0.15, 0.2) is 0 Å². The van der Waals surface area contributed by atoms with Crippen LogP contribution in [0.1, 0.15) is 47.5 Å². The third kappa shape index (κ3) is 2.60. The van der Waals surface area contributed by atoms with E-state index in [1.807, 2.05) is 13.8 Å². The number of nitrogens with one attached hydrogen (secondary N) is 1. The molecule has 1 saturated carbocycles. The maximum absolute atomic E-state index is 11.9. The van der Waals surface area contributed by atoms with Gasteiger partial charge in [0.05, 0.1) is 7.11 Å². The Hall–Kier alpha value is -1.26. The summed E-state index contributed by atoms with van der Waals surface area (Å²) >= 11 is 0. The van der Waals surface area contributed by atoms with E-state index in [9.17, 15) is 9.59 Å². The molecule has 5 heteroatoms. The van der Waals surface area contributed by atoms with Crippen molar-refractivity contribution in [1.82, 2.24) is 5.32 Å². The molecule has 18 heavy (non-hydrogen) atoms. The van der Waals surface area contributed by atoms with Gasteiger partial charge in [-0.2, -0.15) is 0 Å². The molecular weight excluding hydrogens is 234 g/mol. The standard InChI is InChI=1S/C13H23NO4/c1-7-12(5)8-13(12,9(15)17-6)14-10(16)18-11(2,3)4/h7-8H2,1-6H3,(H,14,16)/t12-,13+/m1/s1. The lowest BCUT2D eigenvalue weighted by Gasteiger charge is -2.25. The third-order valence-corrected chi connectivity index (χ3v) is 3.59. The average Bonchev–Trinajstić information content (AvgIpc) is 2.82. The number of rotatable bonds is 3. The van der Waals surface area contributed by atoms with E-state index in [2.05, 4.69) is 5.32 Å². The Kier molecular flexibility index (Phi) is 3.65. The fourth-order valence-electron chi connectivity index (χ4n) is 2.18. The van der Waals surface area contributed by atoms with Crippen LogP contribution in [-0.2, 0) is 14.3 Å². The number of ether oxygens (including phenoxy) is 2. The first-order valence-electron chi connectivity index (χ1n) is 6.20. The van der Waals surface area contributed by atoms with Crippen LogP contribution in [0.15, 0.2) is 0 Å². The number of amides is 1. The van der Waals surface area contributed by atoms with E-state index in [4.69, 9.17) is 9.47 Å². The number of hydrogen-bond donors (Lipinski definition) is 1. The van der Waals surface area contributed by atoms with Crippen molar-refractivity contribution in [3.05, 3.63) is 0 Å². The molecule has 0 bridgehead atoms. The number of hydrogen-bond acceptors (Lipinski definition) is 4. The van der Waals surface area contributed by atoms with Gasteiger partial charge in [0, 0.05) is 5.41 Å². The molecule has 104 valence electrons. The topological polar surface area (TPSA) is 64.6 Å². The number of esters is 1. The summed E-state index contributed by atoms with van der Waals surface area (Å²) in [4.78, 5) is 23.7. The molecule has 1 fully saturated rings. The molecule has 0 unspecified atom stereocenters. The minimum atomic E-state index is -0.932. The van der Waals surface area contributed by atoms with E-state index in [0.717, 1.165) is 6.42 Å². The van der Waals surface area contributed by atoms with Crippen LogP contribution in [0.4, 0.5) is 4.79 Å². The summed E-state index contributed by atoms with van der Waals surface area (Å²) in [6.45, 7) is 9.29. The largest absolute Gasteiger partial charge is 0.467 e. The molecular formula is C13H23NO4. The van der Waals surface area contributed by atoms with Crippen molar-refractivity contribution in [2.24, 2.45) is 5.41 Å². The van der Waals surface area contributed by atoms with Crippen LogP contribution in [-0.4, -0.2) is 30.3 Å². The molecule has 0 aromatic rings. The zero-order valence-corrected chi connectivity index (χ0v) is 12.0. The van der Waals surface area contributed by atoms with E-state index in [-0.39, 0.29) is 5.41 Å². The first-order chi connectivity index (χ1) is 8.10. The maximum Gasteiger partial charge on any atom is 0.408 e. The minimum absolute atomic E-state index is 0.253. The lowest BCUT2D eigenvalue weighted by molar-refractivity contribution is -0.145. The summed E-state index contributed by atoms with van der Waals surface area (Å²) in [6.07, 6.45) is 0.797. The van der Waals surface area contributed by atoms with E-state index >= 15 is 0 Å². The predicted molar refractivity (Wildman–Crippen MR) is 67.1 cm³/mol. The summed E-state index contributed by atoms with van der Waals surface area (Å²) in [5.41, 5.74) is -1.77. The molecule has 1 amide bonds. The Balaban J connectivity index is 2.78. The molecule has 0 spiro atoms. The quantitative estimate of drug-likeness (QED) is 0.787. The molecule has 0 radical (unpaired) electrons. The molecule has 0 aliphatic heterocycles. The number of carbonyl (C=O) groups is 2. The number of methoxy groups -OCH3 is 1. The molecule has 0 heterocycles. The highest BCUT2D eigenvalue weighted by molar-refractivity contribution is 5.90.